The zero-order valence-electron chi connectivity index (χ0n) is 18.9. The van der Waals surface area contributed by atoms with Gasteiger partial charge in [-0.1, -0.05) is 12.1 Å². The molecule has 3 aliphatic rings. The Hall–Kier alpha value is -1.06. The smallest absolute Gasteiger partial charge is 0.191 e. The van der Waals surface area contributed by atoms with E-state index >= 15 is 0 Å². The van der Waals surface area contributed by atoms with Gasteiger partial charge in [0.15, 0.2) is 5.96 Å². The first-order valence-corrected chi connectivity index (χ1v) is 12.0. The van der Waals surface area contributed by atoms with E-state index in [1.807, 2.05) is 0 Å². The Bertz CT molecular complexity index is 678. The zero-order chi connectivity index (χ0) is 20.8. The number of likely N-dealkylation sites (tertiary alicyclic amines) is 1. The standard InChI is InChI=1S/C24H39N5O.HI/c1-2-25-24(27-21-11-15-29(16-12-21)23-7-8-23)26-17-19-3-5-22(6-4-19)28-13-9-20(18-30)10-14-28;/h3-6,20-21,23,30H,2,7-18H2,1H3,(H2,25,26,27);1H. The highest BCUT2D eigenvalue weighted by molar-refractivity contribution is 14.0. The van der Waals surface area contributed by atoms with Crippen molar-refractivity contribution in [2.75, 3.05) is 44.2 Å². The van der Waals surface area contributed by atoms with Crippen molar-refractivity contribution in [1.82, 2.24) is 15.5 Å². The van der Waals surface area contributed by atoms with Crippen LogP contribution in [0.1, 0.15) is 51.0 Å². The molecule has 0 spiro atoms. The van der Waals surface area contributed by atoms with E-state index in [9.17, 15) is 5.11 Å². The third-order valence-electron chi connectivity index (χ3n) is 6.87. The number of benzene rings is 1. The number of hydrogen-bond donors (Lipinski definition) is 3. The summed E-state index contributed by atoms with van der Waals surface area (Å²) in [6, 6.07) is 10.3. The molecule has 2 aliphatic heterocycles. The van der Waals surface area contributed by atoms with E-state index < -0.39 is 0 Å². The van der Waals surface area contributed by atoms with Crippen LogP contribution in [0.2, 0.25) is 0 Å². The number of nitrogens with one attached hydrogen (secondary N) is 2. The fourth-order valence-electron chi connectivity index (χ4n) is 4.72. The van der Waals surface area contributed by atoms with Crippen LogP contribution >= 0.6 is 24.0 Å². The molecular formula is C24H40IN5O. The van der Waals surface area contributed by atoms with Crippen molar-refractivity contribution in [2.24, 2.45) is 10.9 Å². The van der Waals surface area contributed by atoms with Gasteiger partial charge in [0.2, 0.25) is 0 Å². The summed E-state index contributed by atoms with van der Waals surface area (Å²) >= 11 is 0. The van der Waals surface area contributed by atoms with Crippen molar-refractivity contribution in [3.8, 4) is 0 Å². The van der Waals surface area contributed by atoms with Crippen LogP contribution in [0.3, 0.4) is 0 Å². The molecule has 0 aromatic heterocycles. The molecule has 1 aromatic carbocycles. The van der Waals surface area contributed by atoms with Crippen LogP contribution in [0.25, 0.3) is 0 Å². The molecule has 3 N–H and O–H groups in total. The molecule has 31 heavy (non-hydrogen) atoms. The highest BCUT2D eigenvalue weighted by Crippen LogP contribution is 2.29. The lowest BCUT2D eigenvalue weighted by atomic mass is 9.97. The van der Waals surface area contributed by atoms with Crippen LogP contribution < -0.4 is 15.5 Å². The highest BCUT2D eigenvalue weighted by atomic mass is 127. The quantitative estimate of drug-likeness (QED) is 0.281. The maximum Gasteiger partial charge on any atom is 0.191 e. The number of guanidine groups is 1. The number of aliphatic hydroxyl groups excluding tert-OH is 1. The van der Waals surface area contributed by atoms with Crippen LogP contribution in [0.15, 0.2) is 29.3 Å². The minimum Gasteiger partial charge on any atom is -0.396 e. The van der Waals surface area contributed by atoms with Gasteiger partial charge in [0, 0.05) is 57.1 Å². The second-order valence-electron chi connectivity index (χ2n) is 9.16. The number of halogens is 1. The topological polar surface area (TPSA) is 63.1 Å². The molecular weight excluding hydrogens is 501 g/mol. The predicted molar refractivity (Wildman–Crippen MR) is 139 cm³/mol. The average molecular weight is 542 g/mol. The Labute approximate surface area is 204 Å². The van der Waals surface area contributed by atoms with Gasteiger partial charge in [-0.3, -0.25) is 0 Å². The van der Waals surface area contributed by atoms with Crippen molar-refractivity contribution in [3.63, 3.8) is 0 Å². The average Bonchev–Trinajstić information content (AvgIpc) is 3.64. The summed E-state index contributed by atoms with van der Waals surface area (Å²) < 4.78 is 0. The lowest BCUT2D eigenvalue weighted by Gasteiger charge is -2.33. The second-order valence-corrected chi connectivity index (χ2v) is 9.16. The Balaban J connectivity index is 0.00000272. The Morgan fingerprint density at radius 1 is 1.00 bits per heavy atom. The van der Waals surface area contributed by atoms with Crippen molar-refractivity contribution < 1.29 is 5.11 Å². The third-order valence-corrected chi connectivity index (χ3v) is 6.87. The fourth-order valence-corrected chi connectivity index (χ4v) is 4.72. The van der Waals surface area contributed by atoms with Gasteiger partial charge in [0.25, 0.3) is 0 Å². The van der Waals surface area contributed by atoms with Crippen LogP contribution in [0, 0.1) is 5.92 Å². The van der Waals surface area contributed by atoms with Gasteiger partial charge in [-0.2, -0.15) is 0 Å². The first kappa shape index (κ1) is 24.6. The van der Waals surface area contributed by atoms with Crippen LogP contribution in [0.4, 0.5) is 5.69 Å². The second kappa shape index (κ2) is 12.3. The molecule has 0 radical (unpaired) electrons. The van der Waals surface area contributed by atoms with Crippen molar-refractivity contribution >= 4 is 35.6 Å². The van der Waals surface area contributed by atoms with E-state index in [4.69, 9.17) is 4.99 Å². The van der Waals surface area contributed by atoms with Gasteiger partial charge in [-0.15, -0.1) is 24.0 Å². The Kier molecular flexibility index (Phi) is 9.72. The number of aliphatic imine (C=N–C) groups is 1. The molecule has 6 nitrogen and oxygen atoms in total. The van der Waals surface area contributed by atoms with Gasteiger partial charge in [-0.25, -0.2) is 4.99 Å². The van der Waals surface area contributed by atoms with E-state index in [2.05, 4.69) is 51.6 Å². The van der Waals surface area contributed by atoms with Gasteiger partial charge >= 0.3 is 0 Å². The maximum atomic E-state index is 9.32. The summed E-state index contributed by atoms with van der Waals surface area (Å²) in [5.41, 5.74) is 2.52. The SMILES string of the molecule is CCNC(=NCc1ccc(N2CCC(CO)CC2)cc1)NC1CCN(C2CC2)CC1.I. The summed E-state index contributed by atoms with van der Waals surface area (Å²) in [6.45, 7) is 8.55. The van der Waals surface area contributed by atoms with E-state index in [1.54, 1.807) is 0 Å². The van der Waals surface area contributed by atoms with E-state index in [-0.39, 0.29) is 24.0 Å². The lowest BCUT2D eigenvalue weighted by molar-refractivity contribution is 0.197. The molecule has 4 rings (SSSR count). The van der Waals surface area contributed by atoms with E-state index in [0.29, 0.717) is 25.1 Å². The summed E-state index contributed by atoms with van der Waals surface area (Å²) in [5.74, 6) is 1.42. The third kappa shape index (κ3) is 7.22. The molecule has 2 saturated heterocycles. The predicted octanol–water partition coefficient (Wildman–Crippen LogP) is 3.20. The molecule has 0 atom stereocenters. The first-order chi connectivity index (χ1) is 14.7. The molecule has 0 unspecified atom stereocenters. The Morgan fingerprint density at radius 3 is 2.26 bits per heavy atom. The Morgan fingerprint density at radius 2 is 1.68 bits per heavy atom. The molecule has 7 heteroatoms. The normalized spacial score (nSPS) is 21.6. The largest absolute Gasteiger partial charge is 0.396 e. The molecule has 3 fully saturated rings. The molecule has 174 valence electrons. The number of hydrogen-bond acceptors (Lipinski definition) is 4. The molecule has 1 aliphatic carbocycles. The maximum absolute atomic E-state index is 9.32. The zero-order valence-corrected chi connectivity index (χ0v) is 21.3. The minimum absolute atomic E-state index is 0. The first-order valence-electron chi connectivity index (χ1n) is 12.0. The summed E-state index contributed by atoms with van der Waals surface area (Å²) in [5, 5.41) is 16.4. The van der Waals surface area contributed by atoms with Crippen LogP contribution in [0.5, 0.6) is 0 Å². The minimum atomic E-state index is 0. The highest BCUT2D eigenvalue weighted by Gasteiger charge is 2.31. The van der Waals surface area contributed by atoms with Gasteiger partial charge < -0.3 is 25.5 Å². The molecule has 1 saturated carbocycles. The summed E-state index contributed by atoms with van der Waals surface area (Å²) in [4.78, 5) is 9.94. The monoisotopic (exact) mass is 541 g/mol. The molecule has 0 bridgehead atoms. The van der Waals surface area contributed by atoms with Crippen molar-refractivity contribution in [3.05, 3.63) is 29.8 Å². The van der Waals surface area contributed by atoms with E-state index in [0.717, 1.165) is 44.5 Å². The van der Waals surface area contributed by atoms with Crippen molar-refractivity contribution in [2.45, 2.75) is 64.1 Å². The number of rotatable bonds is 7. The number of aliphatic hydroxyl groups is 1. The molecule has 0 amide bonds. The number of nitrogens with zero attached hydrogens (tertiary/aromatic N) is 3. The van der Waals surface area contributed by atoms with Gasteiger partial charge in [-0.05, 0) is 69.1 Å². The molecule has 1 aromatic rings. The van der Waals surface area contributed by atoms with Gasteiger partial charge in [0.05, 0.1) is 6.54 Å². The van der Waals surface area contributed by atoms with Gasteiger partial charge in [0.1, 0.15) is 0 Å². The fraction of sp³-hybridized carbons (Fsp3) is 0.708. The summed E-state index contributed by atoms with van der Waals surface area (Å²) in [6.07, 6.45) is 7.40. The lowest BCUT2D eigenvalue weighted by Crippen LogP contribution is -2.49. The van der Waals surface area contributed by atoms with Crippen LogP contribution in [-0.2, 0) is 6.54 Å². The van der Waals surface area contributed by atoms with Crippen molar-refractivity contribution in [1.29, 1.82) is 0 Å². The number of piperidine rings is 2. The van der Waals surface area contributed by atoms with E-state index in [1.165, 1.54) is 50.0 Å². The summed E-state index contributed by atoms with van der Waals surface area (Å²) in [7, 11) is 0. The number of anilines is 1. The van der Waals surface area contributed by atoms with Crippen LogP contribution in [-0.4, -0.2) is 67.4 Å². The molecule has 2 heterocycles.